The Balaban J connectivity index is 1.85. The number of hydrogen-bond acceptors (Lipinski definition) is 4. The molecule has 0 aliphatic carbocycles. The van der Waals surface area contributed by atoms with Crippen molar-refractivity contribution in [1.29, 1.82) is 0 Å². The number of thiophene rings is 1. The zero-order chi connectivity index (χ0) is 22.6. The molecule has 0 saturated heterocycles. The van der Waals surface area contributed by atoms with Crippen molar-refractivity contribution in [2.45, 2.75) is 13.1 Å². The van der Waals surface area contributed by atoms with Crippen molar-refractivity contribution in [3.63, 3.8) is 0 Å². The Hall–Kier alpha value is -2.62. The third-order valence-corrected chi connectivity index (χ3v) is 5.68. The molecule has 0 bridgehead atoms. The third kappa shape index (κ3) is 5.75. The fourth-order valence-corrected chi connectivity index (χ4v) is 4.24. The molecule has 0 amide bonds. The topological polar surface area (TPSA) is 50.4 Å². The molecule has 0 radical (unpaired) electrons. The van der Waals surface area contributed by atoms with Crippen LogP contribution in [0.15, 0.2) is 54.6 Å². The van der Waals surface area contributed by atoms with E-state index in [9.17, 15) is 18.0 Å². The van der Waals surface area contributed by atoms with E-state index in [1.54, 1.807) is 13.0 Å². The Labute approximate surface area is 191 Å². The summed E-state index contributed by atoms with van der Waals surface area (Å²) in [7, 11) is 0. The number of carbonyl (C=O) groups excluding carboxylic acids is 1. The van der Waals surface area contributed by atoms with Gasteiger partial charge in [-0.3, -0.25) is 0 Å². The van der Waals surface area contributed by atoms with E-state index in [0.717, 1.165) is 22.6 Å². The van der Waals surface area contributed by atoms with E-state index in [2.05, 4.69) is 10.6 Å². The summed E-state index contributed by atoms with van der Waals surface area (Å²) in [4.78, 5) is 13.2. The molecule has 2 N–H and O–H groups in total. The first-order chi connectivity index (χ1) is 14.7. The second kappa shape index (κ2) is 9.67. The summed E-state index contributed by atoms with van der Waals surface area (Å²) >= 11 is 12.2. The highest BCUT2D eigenvalue weighted by atomic mass is 35.5. The van der Waals surface area contributed by atoms with Crippen molar-refractivity contribution < 1.29 is 22.7 Å². The van der Waals surface area contributed by atoms with Crippen molar-refractivity contribution in [1.82, 2.24) is 0 Å². The second-order valence-electron chi connectivity index (χ2n) is 6.21. The molecule has 0 aliphatic rings. The molecule has 10 heteroatoms. The van der Waals surface area contributed by atoms with E-state index < -0.39 is 22.7 Å². The van der Waals surface area contributed by atoms with Gasteiger partial charge in [-0.1, -0.05) is 41.9 Å². The number of alkyl halides is 3. The lowest BCUT2D eigenvalue weighted by atomic mass is 10.1. The highest BCUT2D eigenvalue weighted by molar-refractivity contribution is 7.80. The maximum absolute atomic E-state index is 13.1. The molecule has 3 aromatic rings. The van der Waals surface area contributed by atoms with Crippen LogP contribution in [0.1, 0.15) is 22.8 Å². The lowest BCUT2D eigenvalue weighted by Crippen LogP contribution is -2.20. The van der Waals surface area contributed by atoms with E-state index in [-0.39, 0.29) is 23.0 Å². The SMILES string of the molecule is CCOC(=O)c1cc(-c2ccccc2)sc1NC(=S)Nc1ccc(Cl)c(C(F)(F)F)c1. The van der Waals surface area contributed by atoms with Crippen LogP contribution in [0.5, 0.6) is 0 Å². The minimum Gasteiger partial charge on any atom is -0.462 e. The normalized spacial score (nSPS) is 11.1. The molecule has 0 fully saturated rings. The van der Waals surface area contributed by atoms with Crippen LogP contribution in [0.2, 0.25) is 5.02 Å². The molecular formula is C21H16ClF3N2O2S2. The standard InChI is InChI=1S/C21H16ClF3N2O2S2/c1-2-29-19(28)14-11-17(12-6-4-3-5-7-12)31-18(14)27-20(30)26-13-8-9-16(22)15(10-13)21(23,24)25/h3-11H,2H2,1H3,(H2,26,27,30). The van der Waals surface area contributed by atoms with Crippen LogP contribution in [0.3, 0.4) is 0 Å². The summed E-state index contributed by atoms with van der Waals surface area (Å²) in [6.45, 7) is 1.89. The van der Waals surface area contributed by atoms with Gasteiger partial charge in [0.2, 0.25) is 0 Å². The largest absolute Gasteiger partial charge is 0.462 e. The van der Waals surface area contributed by atoms with Crippen LogP contribution in [0.25, 0.3) is 10.4 Å². The van der Waals surface area contributed by atoms with E-state index in [1.165, 1.54) is 17.4 Å². The van der Waals surface area contributed by atoms with Crippen molar-refractivity contribution in [2.75, 3.05) is 17.2 Å². The Kier molecular flexibility index (Phi) is 7.19. The number of rotatable bonds is 5. The van der Waals surface area contributed by atoms with Crippen LogP contribution < -0.4 is 10.6 Å². The first-order valence-electron chi connectivity index (χ1n) is 9.00. The number of esters is 1. The molecule has 0 unspecified atom stereocenters. The average molecular weight is 485 g/mol. The predicted molar refractivity (Wildman–Crippen MR) is 122 cm³/mol. The molecule has 1 heterocycles. The first-order valence-corrected chi connectivity index (χ1v) is 10.6. The highest BCUT2D eigenvalue weighted by Gasteiger charge is 2.33. The zero-order valence-electron chi connectivity index (χ0n) is 16.0. The summed E-state index contributed by atoms with van der Waals surface area (Å²) in [6.07, 6.45) is -4.60. The fourth-order valence-electron chi connectivity index (χ4n) is 2.67. The minimum atomic E-state index is -4.60. The van der Waals surface area contributed by atoms with Crippen molar-refractivity contribution in [2.24, 2.45) is 0 Å². The lowest BCUT2D eigenvalue weighted by molar-refractivity contribution is -0.137. The van der Waals surface area contributed by atoms with E-state index in [0.29, 0.717) is 5.00 Å². The second-order valence-corrected chi connectivity index (χ2v) is 8.08. The summed E-state index contributed by atoms with van der Waals surface area (Å²) in [6, 6.07) is 14.5. The van der Waals surface area contributed by atoms with Crippen LogP contribution in [0, 0.1) is 0 Å². The molecule has 1 aromatic heterocycles. The van der Waals surface area contributed by atoms with E-state index in [4.69, 9.17) is 28.6 Å². The summed E-state index contributed by atoms with van der Waals surface area (Å²) in [5.74, 6) is -0.530. The highest BCUT2D eigenvalue weighted by Crippen LogP contribution is 2.37. The lowest BCUT2D eigenvalue weighted by Gasteiger charge is -2.14. The van der Waals surface area contributed by atoms with Gasteiger partial charge in [0, 0.05) is 10.6 Å². The van der Waals surface area contributed by atoms with Crippen molar-refractivity contribution >= 4 is 56.9 Å². The third-order valence-electron chi connectivity index (χ3n) is 4.04. The molecule has 2 aromatic carbocycles. The summed E-state index contributed by atoms with van der Waals surface area (Å²) < 4.78 is 44.4. The van der Waals surface area contributed by atoms with Crippen LogP contribution >= 0.6 is 35.2 Å². The molecule has 162 valence electrons. The molecule has 0 saturated carbocycles. The predicted octanol–water partition coefficient (Wildman–Crippen LogP) is 7.07. The molecule has 0 spiro atoms. The Morgan fingerprint density at radius 3 is 2.48 bits per heavy atom. The molecular weight excluding hydrogens is 469 g/mol. The molecule has 0 aliphatic heterocycles. The first kappa shape index (κ1) is 23.1. The minimum absolute atomic E-state index is 0.0162. The number of hydrogen-bond donors (Lipinski definition) is 2. The molecule has 3 rings (SSSR count). The quantitative estimate of drug-likeness (QED) is 0.299. The van der Waals surface area contributed by atoms with Gasteiger partial charge in [0.05, 0.1) is 22.8 Å². The van der Waals surface area contributed by atoms with Crippen LogP contribution in [-0.2, 0) is 10.9 Å². The van der Waals surface area contributed by atoms with Crippen molar-refractivity contribution in [3.8, 4) is 10.4 Å². The number of halogens is 4. The van der Waals surface area contributed by atoms with E-state index >= 15 is 0 Å². The summed E-state index contributed by atoms with van der Waals surface area (Å²) in [5, 5.41) is 5.60. The Morgan fingerprint density at radius 2 is 1.84 bits per heavy atom. The van der Waals surface area contributed by atoms with Crippen LogP contribution in [-0.4, -0.2) is 17.7 Å². The number of thiocarbonyl (C=S) groups is 1. The Morgan fingerprint density at radius 1 is 1.13 bits per heavy atom. The van der Waals surface area contributed by atoms with Gasteiger partial charge in [0.1, 0.15) is 5.00 Å². The molecule has 4 nitrogen and oxygen atoms in total. The van der Waals surface area contributed by atoms with Crippen molar-refractivity contribution in [3.05, 3.63) is 70.7 Å². The van der Waals surface area contributed by atoms with Gasteiger partial charge in [0.25, 0.3) is 0 Å². The van der Waals surface area contributed by atoms with Gasteiger partial charge < -0.3 is 15.4 Å². The summed E-state index contributed by atoms with van der Waals surface area (Å²) in [5.41, 5.74) is 0.308. The average Bonchev–Trinajstić information content (AvgIpc) is 3.13. The molecule has 0 atom stereocenters. The number of benzene rings is 2. The van der Waals surface area contributed by atoms with Gasteiger partial charge in [-0.05, 0) is 49.0 Å². The van der Waals surface area contributed by atoms with Gasteiger partial charge in [-0.15, -0.1) is 11.3 Å². The molecule has 31 heavy (non-hydrogen) atoms. The zero-order valence-corrected chi connectivity index (χ0v) is 18.4. The van der Waals surface area contributed by atoms with Crippen LogP contribution in [0.4, 0.5) is 23.9 Å². The van der Waals surface area contributed by atoms with E-state index in [1.807, 2.05) is 30.3 Å². The maximum atomic E-state index is 13.1. The van der Waals surface area contributed by atoms with Gasteiger partial charge in [-0.25, -0.2) is 4.79 Å². The number of anilines is 2. The number of nitrogens with one attached hydrogen (secondary N) is 2. The number of ether oxygens (including phenoxy) is 1. The Bertz CT molecular complexity index is 1100. The van der Waals surface area contributed by atoms with Gasteiger partial charge in [-0.2, -0.15) is 13.2 Å². The maximum Gasteiger partial charge on any atom is 0.417 e. The fraction of sp³-hybridized carbons (Fsp3) is 0.143. The monoisotopic (exact) mass is 484 g/mol. The van der Waals surface area contributed by atoms with Gasteiger partial charge in [0.15, 0.2) is 5.11 Å². The smallest absolute Gasteiger partial charge is 0.417 e. The van der Waals surface area contributed by atoms with Gasteiger partial charge >= 0.3 is 12.1 Å². The number of carbonyl (C=O) groups is 1.